The lowest BCUT2D eigenvalue weighted by atomic mass is 10.2. The fraction of sp³-hybridized carbons (Fsp3) is 0.308. The van der Waals surface area contributed by atoms with Gasteiger partial charge in [0.1, 0.15) is 9.77 Å². The van der Waals surface area contributed by atoms with Crippen LogP contribution in [0.15, 0.2) is 29.2 Å². The molecule has 1 aromatic heterocycles. The van der Waals surface area contributed by atoms with E-state index in [1.54, 1.807) is 22.9 Å². The van der Waals surface area contributed by atoms with Gasteiger partial charge in [-0.1, -0.05) is 18.2 Å². The maximum atomic E-state index is 13.2. The molecule has 2 aromatic rings. The molecule has 1 aromatic carbocycles. The topological polar surface area (TPSA) is 98.5 Å². The average molecular weight is 364 g/mol. The molecule has 2 rings (SSSR count). The summed E-state index contributed by atoms with van der Waals surface area (Å²) in [4.78, 5) is 11.3. The zero-order valence-corrected chi connectivity index (χ0v) is 13.6. The molecule has 0 unspecified atom stereocenters. The number of nitrogens with one attached hydrogen (secondary N) is 1. The molecule has 0 aliphatic rings. The van der Waals surface area contributed by atoms with Crippen LogP contribution >= 0.6 is 11.3 Å². The fourth-order valence-corrected chi connectivity index (χ4v) is 4.74. The van der Waals surface area contributed by atoms with E-state index in [1.807, 2.05) is 0 Å². The van der Waals surface area contributed by atoms with Crippen LogP contribution in [0, 0.1) is 0 Å². The van der Waals surface area contributed by atoms with E-state index in [0.29, 0.717) is 4.70 Å². The van der Waals surface area contributed by atoms with Gasteiger partial charge in [-0.15, -0.1) is 11.3 Å². The highest BCUT2D eigenvalue weighted by molar-refractivity contribution is 7.90. The summed E-state index contributed by atoms with van der Waals surface area (Å²) in [5.41, 5.74) is 4.89. The lowest BCUT2D eigenvalue weighted by molar-refractivity contribution is 0.0170. The predicted octanol–water partition coefficient (Wildman–Crippen LogP) is 1.56. The van der Waals surface area contributed by atoms with Gasteiger partial charge in [-0.05, 0) is 6.07 Å². The van der Waals surface area contributed by atoms with Crippen LogP contribution in [0.3, 0.4) is 0 Å². The molecular weight excluding hydrogens is 350 g/mol. The standard InChI is InChI=1S/C13H14F2N2O4S2/c1-21-12(18)10-11(8-4-2-3-5-9(8)22-10)23(19,20)17-7-13(14,15)6-16/h2-5,17H,6-7,16H2,1H3. The number of rotatable bonds is 6. The van der Waals surface area contributed by atoms with E-state index in [2.05, 4.69) is 4.74 Å². The van der Waals surface area contributed by atoms with Crippen molar-refractivity contribution in [2.45, 2.75) is 10.8 Å². The summed E-state index contributed by atoms with van der Waals surface area (Å²) in [7, 11) is -3.24. The molecule has 3 N–H and O–H groups in total. The van der Waals surface area contributed by atoms with Crippen molar-refractivity contribution in [1.82, 2.24) is 4.72 Å². The molecule has 0 radical (unpaired) electrons. The van der Waals surface area contributed by atoms with Crippen molar-refractivity contribution in [3.05, 3.63) is 29.1 Å². The van der Waals surface area contributed by atoms with Gasteiger partial charge in [-0.3, -0.25) is 0 Å². The molecule has 10 heteroatoms. The molecule has 0 saturated carbocycles. The molecule has 0 saturated heterocycles. The molecular formula is C13H14F2N2O4S2. The smallest absolute Gasteiger partial charge is 0.349 e. The number of methoxy groups -OCH3 is 1. The zero-order chi connectivity index (χ0) is 17.3. The number of fused-ring (bicyclic) bond motifs is 1. The first-order valence-corrected chi connectivity index (χ1v) is 8.69. The maximum absolute atomic E-state index is 13.2. The Morgan fingerprint density at radius 1 is 1.39 bits per heavy atom. The van der Waals surface area contributed by atoms with Gasteiger partial charge in [0.05, 0.1) is 20.2 Å². The van der Waals surface area contributed by atoms with E-state index < -0.39 is 35.0 Å². The van der Waals surface area contributed by atoms with E-state index in [0.717, 1.165) is 18.4 Å². The highest BCUT2D eigenvalue weighted by Gasteiger charge is 2.33. The van der Waals surface area contributed by atoms with Crippen LogP contribution in [0.5, 0.6) is 0 Å². The molecule has 6 nitrogen and oxygen atoms in total. The van der Waals surface area contributed by atoms with Crippen LogP contribution in [0.4, 0.5) is 8.78 Å². The third kappa shape index (κ3) is 3.66. The number of sulfonamides is 1. The van der Waals surface area contributed by atoms with Gasteiger partial charge in [0.25, 0.3) is 5.92 Å². The van der Waals surface area contributed by atoms with Crippen LogP contribution in [0.2, 0.25) is 0 Å². The number of carbonyl (C=O) groups is 1. The minimum absolute atomic E-state index is 0.169. The summed E-state index contributed by atoms with van der Waals surface area (Å²) in [6.45, 7) is -2.15. The van der Waals surface area contributed by atoms with Crippen molar-refractivity contribution >= 4 is 37.4 Å². The molecule has 0 bridgehead atoms. The Morgan fingerprint density at radius 3 is 2.65 bits per heavy atom. The quantitative estimate of drug-likeness (QED) is 0.758. The molecule has 0 aliphatic carbocycles. The summed E-state index contributed by atoms with van der Waals surface area (Å²) in [6, 6.07) is 6.38. The van der Waals surface area contributed by atoms with Crippen molar-refractivity contribution in [2.75, 3.05) is 20.2 Å². The van der Waals surface area contributed by atoms with Gasteiger partial charge in [0.15, 0.2) is 0 Å². The molecule has 0 fully saturated rings. The lowest BCUT2D eigenvalue weighted by Gasteiger charge is -2.15. The Kier molecular flexibility index (Phi) is 4.99. The van der Waals surface area contributed by atoms with Gasteiger partial charge < -0.3 is 10.5 Å². The van der Waals surface area contributed by atoms with Crippen molar-refractivity contribution < 1.29 is 26.7 Å². The minimum Gasteiger partial charge on any atom is -0.465 e. The summed E-state index contributed by atoms with van der Waals surface area (Å²) in [6.07, 6.45) is 0. The number of alkyl halides is 2. The van der Waals surface area contributed by atoms with Crippen molar-refractivity contribution in [3.8, 4) is 0 Å². The predicted molar refractivity (Wildman–Crippen MR) is 82.4 cm³/mol. The number of thiophene rings is 1. The number of esters is 1. The first-order valence-electron chi connectivity index (χ1n) is 6.39. The van der Waals surface area contributed by atoms with Gasteiger partial charge >= 0.3 is 5.97 Å². The molecule has 0 aliphatic heterocycles. The maximum Gasteiger partial charge on any atom is 0.349 e. The largest absolute Gasteiger partial charge is 0.465 e. The van der Waals surface area contributed by atoms with Gasteiger partial charge in [-0.2, -0.15) is 0 Å². The summed E-state index contributed by atoms with van der Waals surface area (Å²) >= 11 is 0.917. The SMILES string of the molecule is COC(=O)c1sc2ccccc2c1S(=O)(=O)NCC(F)(F)CN. The number of hydrogen-bond donors (Lipinski definition) is 2. The Labute approximate surface area is 135 Å². The van der Waals surface area contributed by atoms with Crippen LogP contribution < -0.4 is 10.5 Å². The molecule has 0 atom stereocenters. The average Bonchev–Trinajstić information content (AvgIpc) is 2.92. The third-order valence-corrected chi connectivity index (χ3v) is 5.77. The van der Waals surface area contributed by atoms with Gasteiger partial charge in [0, 0.05) is 10.1 Å². The van der Waals surface area contributed by atoms with E-state index in [9.17, 15) is 22.0 Å². The number of hydrogen-bond acceptors (Lipinski definition) is 6. The minimum atomic E-state index is -4.35. The molecule has 23 heavy (non-hydrogen) atoms. The number of halogens is 2. The van der Waals surface area contributed by atoms with Gasteiger partial charge in [0.2, 0.25) is 10.0 Å². The number of benzene rings is 1. The molecule has 0 amide bonds. The lowest BCUT2D eigenvalue weighted by Crippen LogP contribution is -2.41. The first kappa shape index (κ1) is 17.7. The fourth-order valence-electron chi connectivity index (χ4n) is 1.86. The van der Waals surface area contributed by atoms with Crippen molar-refractivity contribution in [2.24, 2.45) is 5.73 Å². The summed E-state index contributed by atoms with van der Waals surface area (Å²) in [5, 5.41) is 0.265. The number of nitrogens with two attached hydrogens (primary N) is 1. The normalized spacial score (nSPS) is 12.5. The van der Waals surface area contributed by atoms with E-state index in [-0.39, 0.29) is 15.2 Å². The molecule has 0 spiro atoms. The monoisotopic (exact) mass is 364 g/mol. The number of ether oxygens (including phenoxy) is 1. The number of carbonyl (C=O) groups excluding carboxylic acids is 1. The van der Waals surface area contributed by atoms with Gasteiger partial charge in [-0.25, -0.2) is 26.7 Å². The molecule has 1 heterocycles. The van der Waals surface area contributed by atoms with E-state index in [1.165, 1.54) is 6.07 Å². The third-order valence-electron chi connectivity index (χ3n) is 3.01. The highest BCUT2D eigenvalue weighted by Crippen LogP contribution is 2.35. The van der Waals surface area contributed by atoms with Crippen molar-refractivity contribution in [1.29, 1.82) is 0 Å². The molecule has 126 valence electrons. The van der Waals surface area contributed by atoms with E-state index >= 15 is 0 Å². The van der Waals surface area contributed by atoms with Crippen molar-refractivity contribution in [3.63, 3.8) is 0 Å². The Balaban J connectivity index is 2.54. The van der Waals surface area contributed by atoms with E-state index in [4.69, 9.17) is 5.73 Å². The second-order valence-corrected chi connectivity index (χ2v) is 7.39. The first-order chi connectivity index (χ1) is 10.7. The Hall–Kier alpha value is -1.62. The van der Waals surface area contributed by atoms with Crippen LogP contribution in [0.25, 0.3) is 10.1 Å². The summed E-state index contributed by atoms with van der Waals surface area (Å²) in [5.74, 6) is -4.23. The van der Waals surface area contributed by atoms with Crippen LogP contribution in [0.1, 0.15) is 9.67 Å². The van der Waals surface area contributed by atoms with Crippen LogP contribution in [-0.4, -0.2) is 40.5 Å². The second kappa shape index (κ2) is 6.48. The Morgan fingerprint density at radius 2 is 2.04 bits per heavy atom. The highest BCUT2D eigenvalue weighted by atomic mass is 32.2. The Bertz CT molecular complexity index is 834. The second-order valence-electron chi connectivity index (χ2n) is 4.63. The zero-order valence-electron chi connectivity index (χ0n) is 12.0. The summed E-state index contributed by atoms with van der Waals surface area (Å²) < 4.78 is 58.2. The van der Waals surface area contributed by atoms with Crippen LogP contribution in [-0.2, 0) is 14.8 Å².